The summed E-state index contributed by atoms with van der Waals surface area (Å²) in [7, 11) is 0. The van der Waals surface area contributed by atoms with Crippen molar-refractivity contribution in [1.82, 2.24) is 10.2 Å². The van der Waals surface area contributed by atoms with Crippen LogP contribution in [0.3, 0.4) is 0 Å². The van der Waals surface area contributed by atoms with Crippen LogP contribution in [0.4, 0.5) is 4.79 Å². The van der Waals surface area contributed by atoms with Gasteiger partial charge in [-0.3, -0.25) is 0 Å². The van der Waals surface area contributed by atoms with Crippen LogP contribution in [-0.4, -0.2) is 41.1 Å². The number of carbonyl (C=O) groups is 2. The van der Waals surface area contributed by atoms with Crippen LogP contribution >= 0.6 is 0 Å². The number of carboxylic acid groups (broad SMARTS) is 1. The molecule has 0 aromatic carbocycles. The summed E-state index contributed by atoms with van der Waals surface area (Å²) in [5.74, 6) is -0.888. The lowest BCUT2D eigenvalue weighted by Crippen LogP contribution is -2.52. The van der Waals surface area contributed by atoms with Gasteiger partial charge in [0.2, 0.25) is 0 Å². The monoisotopic (exact) mass is 254 g/mol. The first-order valence-corrected chi connectivity index (χ1v) is 6.85. The van der Waals surface area contributed by atoms with Crippen molar-refractivity contribution in [3.63, 3.8) is 0 Å². The fourth-order valence-corrected chi connectivity index (χ4v) is 2.63. The van der Waals surface area contributed by atoms with Crippen LogP contribution in [0.1, 0.15) is 45.4 Å². The minimum absolute atomic E-state index is 0.207. The summed E-state index contributed by atoms with van der Waals surface area (Å²) in [5, 5.41) is 12.0. The molecule has 5 heteroatoms. The molecule has 2 rings (SSSR count). The summed E-state index contributed by atoms with van der Waals surface area (Å²) in [5.41, 5.74) is 0.296. The van der Waals surface area contributed by atoms with E-state index in [1.54, 1.807) is 0 Å². The fraction of sp³-hybridized carbons (Fsp3) is 0.846. The number of hydrogen-bond acceptors (Lipinski definition) is 2. The van der Waals surface area contributed by atoms with Crippen LogP contribution in [0.2, 0.25) is 0 Å². The largest absolute Gasteiger partial charge is 0.480 e. The number of carboxylic acids is 1. The minimum atomic E-state index is -0.888. The standard InChI is InChI=1S/C13H22N2O3/c1-2-13(6-7-13)9-14-12(18)15-8-4-3-5-10(15)11(16)17/h10H,2-9H2,1H3,(H,14,18)(H,16,17). The van der Waals surface area contributed by atoms with Gasteiger partial charge in [-0.2, -0.15) is 0 Å². The van der Waals surface area contributed by atoms with E-state index in [1.807, 2.05) is 0 Å². The molecule has 1 saturated carbocycles. The Bertz CT molecular complexity index is 339. The van der Waals surface area contributed by atoms with Crippen molar-refractivity contribution in [3.8, 4) is 0 Å². The number of rotatable bonds is 4. The molecule has 0 radical (unpaired) electrons. The van der Waals surface area contributed by atoms with Crippen molar-refractivity contribution in [1.29, 1.82) is 0 Å². The molecule has 2 aliphatic rings. The van der Waals surface area contributed by atoms with Crippen molar-refractivity contribution in [2.75, 3.05) is 13.1 Å². The van der Waals surface area contributed by atoms with E-state index in [0.717, 1.165) is 19.3 Å². The smallest absolute Gasteiger partial charge is 0.326 e. The number of amides is 2. The maximum absolute atomic E-state index is 12.1. The first kappa shape index (κ1) is 13.2. The van der Waals surface area contributed by atoms with Crippen molar-refractivity contribution in [3.05, 3.63) is 0 Å². The second-order valence-electron chi connectivity index (χ2n) is 5.56. The molecule has 102 valence electrons. The van der Waals surface area contributed by atoms with Crippen LogP contribution in [0, 0.1) is 5.41 Å². The predicted octanol–water partition coefficient (Wildman–Crippen LogP) is 1.83. The summed E-state index contributed by atoms with van der Waals surface area (Å²) in [6, 6.07) is -0.850. The molecule has 1 aliphatic heterocycles. The van der Waals surface area contributed by atoms with E-state index in [-0.39, 0.29) is 6.03 Å². The molecule has 1 unspecified atom stereocenters. The van der Waals surface area contributed by atoms with E-state index in [1.165, 1.54) is 17.7 Å². The molecular formula is C13H22N2O3. The van der Waals surface area contributed by atoms with Crippen LogP contribution in [-0.2, 0) is 4.79 Å². The second-order valence-corrected chi connectivity index (χ2v) is 5.56. The lowest BCUT2D eigenvalue weighted by Gasteiger charge is -2.33. The molecule has 2 N–H and O–H groups in total. The molecule has 18 heavy (non-hydrogen) atoms. The topological polar surface area (TPSA) is 69.6 Å². The molecule has 2 fully saturated rings. The van der Waals surface area contributed by atoms with Gasteiger partial charge in [-0.15, -0.1) is 0 Å². The number of nitrogens with zero attached hydrogens (tertiary/aromatic N) is 1. The highest BCUT2D eigenvalue weighted by molar-refractivity contribution is 5.82. The summed E-state index contributed by atoms with van der Waals surface area (Å²) in [4.78, 5) is 24.7. The van der Waals surface area contributed by atoms with Gasteiger partial charge in [-0.05, 0) is 43.9 Å². The number of aliphatic carboxylic acids is 1. The Kier molecular flexibility index (Phi) is 3.78. The highest BCUT2D eigenvalue weighted by atomic mass is 16.4. The first-order chi connectivity index (χ1) is 8.58. The van der Waals surface area contributed by atoms with Gasteiger partial charge in [0, 0.05) is 13.1 Å². The fourth-order valence-electron chi connectivity index (χ4n) is 2.63. The Balaban J connectivity index is 1.88. The molecule has 2 amide bonds. The average molecular weight is 254 g/mol. The predicted molar refractivity (Wildman–Crippen MR) is 67.3 cm³/mol. The van der Waals surface area contributed by atoms with Crippen LogP contribution < -0.4 is 5.32 Å². The average Bonchev–Trinajstić information content (AvgIpc) is 3.16. The number of nitrogens with one attached hydrogen (secondary N) is 1. The summed E-state index contributed by atoms with van der Waals surface area (Å²) < 4.78 is 0. The number of carbonyl (C=O) groups excluding carboxylic acids is 1. The van der Waals surface area contributed by atoms with Crippen LogP contribution in [0.15, 0.2) is 0 Å². The first-order valence-electron chi connectivity index (χ1n) is 6.85. The van der Waals surface area contributed by atoms with Gasteiger partial charge >= 0.3 is 12.0 Å². The molecular weight excluding hydrogens is 232 g/mol. The zero-order chi connectivity index (χ0) is 13.2. The minimum Gasteiger partial charge on any atom is -0.480 e. The third kappa shape index (κ3) is 2.76. The normalized spacial score (nSPS) is 25.6. The van der Waals surface area contributed by atoms with Crippen molar-refractivity contribution in [2.24, 2.45) is 5.41 Å². The van der Waals surface area contributed by atoms with Crippen LogP contribution in [0.5, 0.6) is 0 Å². The van der Waals surface area contributed by atoms with E-state index in [4.69, 9.17) is 5.11 Å². The maximum atomic E-state index is 12.1. The van der Waals surface area contributed by atoms with Crippen molar-refractivity contribution >= 4 is 12.0 Å². The lowest BCUT2D eigenvalue weighted by molar-refractivity contribution is -0.143. The number of piperidine rings is 1. The van der Waals surface area contributed by atoms with Gasteiger partial charge in [0.05, 0.1) is 0 Å². The van der Waals surface area contributed by atoms with Gasteiger partial charge in [-0.1, -0.05) is 6.92 Å². The third-order valence-corrected chi connectivity index (χ3v) is 4.37. The SMILES string of the molecule is CCC1(CNC(=O)N2CCCCC2C(=O)O)CC1. The second kappa shape index (κ2) is 5.16. The van der Waals surface area contributed by atoms with E-state index in [0.29, 0.717) is 24.9 Å². The molecule has 0 spiro atoms. The Hall–Kier alpha value is -1.26. The highest BCUT2D eigenvalue weighted by Crippen LogP contribution is 2.47. The number of urea groups is 1. The van der Waals surface area contributed by atoms with E-state index >= 15 is 0 Å². The van der Waals surface area contributed by atoms with E-state index < -0.39 is 12.0 Å². The Morgan fingerprint density at radius 2 is 2.11 bits per heavy atom. The number of likely N-dealkylation sites (tertiary alicyclic amines) is 1. The Morgan fingerprint density at radius 3 is 2.67 bits per heavy atom. The Labute approximate surface area is 108 Å². The Morgan fingerprint density at radius 1 is 1.39 bits per heavy atom. The molecule has 1 saturated heterocycles. The summed E-state index contributed by atoms with van der Waals surface area (Å²) in [6.07, 6.45) is 5.78. The third-order valence-electron chi connectivity index (χ3n) is 4.37. The molecule has 1 heterocycles. The van der Waals surface area contributed by atoms with Gasteiger partial charge in [0.15, 0.2) is 0 Å². The quantitative estimate of drug-likeness (QED) is 0.804. The molecule has 0 aromatic rings. The lowest BCUT2D eigenvalue weighted by atomic mass is 10.0. The van der Waals surface area contributed by atoms with Gasteiger partial charge < -0.3 is 15.3 Å². The molecule has 0 bridgehead atoms. The van der Waals surface area contributed by atoms with E-state index in [9.17, 15) is 9.59 Å². The van der Waals surface area contributed by atoms with Crippen LogP contribution in [0.25, 0.3) is 0 Å². The summed E-state index contributed by atoms with van der Waals surface area (Å²) in [6.45, 7) is 3.38. The highest BCUT2D eigenvalue weighted by Gasteiger charge is 2.41. The van der Waals surface area contributed by atoms with Crippen molar-refractivity contribution < 1.29 is 14.7 Å². The zero-order valence-electron chi connectivity index (χ0n) is 10.9. The maximum Gasteiger partial charge on any atom is 0.326 e. The molecule has 1 atom stereocenters. The molecule has 5 nitrogen and oxygen atoms in total. The van der Waals surface area contributed by atoms with Gasteiger partial charge in [-0.25, -0.2) is 9.59 Å². The van der Waals surface area contributed by atoms with E-state index in [2.05, 4.69) is 12.2 Å². The molecule has 0 aromatic heterocycles. The number of hydrogen-bond donors (Lipinski definition) is 2. The molecule has 1 aliphatic carbocycles. The summed E-state index contributed by atoms with van der Waals surface area (Å²) >= 11 is 0. The van der Waals surface area contributed by atoms with Gasteiger partial charge in [0.25, 0.3) is 0 Å². The zero-order valence-corrected chi connectivity index (χ0v) is 10.9. The van der Waals surface area contributed by atoms with Gasteiger partial charge in [0.1, 0.15) is 6.04 Å². The van der Waals surface area contributed by atoms with Crippen molar-refractivity contribution in [2.45, 2.75) is 51.5 Å².